The summed E-state index contributed by atoms with van der Waals surface area (Å²) in [6.07, 6.45) is -0.459. The van der Waals surface area contributed by atoms with Gasteiger partial charge < -0.3 is 40.2 Å². The molecule has 1 aliphatic carbocycles. The van der Waals surface area contributed by atoms with E-state index < -0.39 is 53.2 Å². The molecule has 262 valence electrons. The van der Waals surface area contributed by atoms with E-state index in [1.807, 2.05) is 49.4 Å². The van der Waals surface area contributed by atoms with Crippen molar-refractivity contribution in [3.63, 3.8) is 0 Å². The summed E-state index contributed by atoms with van der Waals surface area (Å²) in [5, 5.41) is 10.6. The zero-order chi connectivity index (χ0) is 35.5. The van der Waals surface area contributed by atoms with Gasteiger partial charge in [-0.15, -0.1) is 0 Å². The number of methoxy groups -OCH3 is 1. The molecule has 4 N–H and O–H groups in total. The minimum atomic E-state index is -1.32. The number of aryl methyl sites for hydroxylation is 1. The lowest BCUT2D eigenvalue weighted by atomic mass is 9.77. The smallest absolute Gasteiger partial charge is 0.408 e. The SMILES string of the molecule is COC(=O)[C@@]1(NC(=O)OC(C)(C)C)CCc2cccc(OC[C@@H](C)CNC(=O)[C@H](C)NC(=O)[C@H](C)NC(=O)OCc3ccccc3)c2C1. The Morgan fingerprint density at radius 1 is 0.875 bits per heavy atom. The fraction of sp³-hybridized carbons (Fsp3) is 0.514. The molecule has 4 atom stereocenters. The van der Waals surface area contributed by atoms with Gasteiger partial charge in [-0.2, -0.15) is 0 Å². The molecule has 2 aromatic carbocycles. The van der Waals surface area contributed by atoms with E-state index in [1.54, 1.807) is 33.8 Å². The first kappa shape index (κ1) is 37.6. The molecule has 2 aromatic rings. The number of rotatable bonds is 13. The third-order valence-corrected chi connectivity index (χ3v) is 7.69. The molecular formula is C35H48N4O9. The quantitative estimate of drug-likeness (QED) is 0.184. The highest BCUT2D eigenvalue weighted by molar-refractivity contribution is 5.91. The summed E-state index contributed by atoms with van der Waals surface area (Å²) in [5.74, 6) is -1.07. The summed E-state index contributed by atoms with van der Waals surface area (Å²) in [7, 11) is 1.28. The summed E-state index contributed by atoms with van der Waals surface area (Å²) >= 11 is 0. The van der Waals surface area contributed by atoms with Gasteiger partial charge in [-0.25, -0.2) is 14.4 Å². The Kier molecular flexibility index (Phi) is 13.2. The van der Waals surface area contributed by atoms with E-state index in [4.69, 9.17) is 18.9 Å². The zero-order valence-corrected chi connectivity index (χ0v) is 28.8. The van der Waals surface area contributed by atoms with Crippen molar-refractivity contribution in [3.8, 4) is 5.75 Å². The normalized spacial score (nSPS) is 17.3. The molecule has 0 heterocycles. The van der Waals surface area contributed by atoms with Crippen LogP contribution in [0.2, 0.25) is 0 Å². The van der Waals surface area contributed by atoms with Gasteiger partial charge in [-0.3, -0.25) is 9.59 Å². The lowest BCUT2D eigenvalue weighted by Gasteiger charge is -2.37. The van der Waals surface area contributed by atoms with Gasteiger partial charge in [-0.05, 0) is 64.7 Å². The average Bonchev–Trinajstić information content (AvgIpc) is 3.04. The predicted molar refractivity (Wildman–Crippen MR) is 177 cm³/mol. The van der Waals surface area contributed by atoms with E-state index in [-0.39, 0.29) is 32.1 Å². The zero-order valence-electron chi connectivity index (χ0n) is 28.8. The number of carbonyl (C=O) groups is 5. The number of amides is 4. The number of hydrogen-bond donors (Lipinski definition) is 4. The van der Waals surface area contributed by atoms with Crippen molar-refractivity contribution in [1.82, 2.24) is 21.3 Å². The Bertz CT molecular complexity index is 1440. The molecule has 4 amide bonds. The number of esters is 1. The standard InChI is InChI=1S/C35H48N4O9/c1-22(19-36-29(40)23(2)37-30(41)24(3)38-32(43)47-21-25-12-9-8-10-13-25)20-46-28-15-11-14-26-16-17-35(18-27(26)28,31(42)45-7)39-33(44)48-34(4,5)6/h8-15,22-24H,16-21H2,1-7H3,(H,36,40)(H,37,41)(H,38,43)(H,39,44)/t22-,23-,24-,35+/m0/s1. The van der Waals surface area contributed by atoms with Crippen LogP contribution in [0.15, 0.2) is 48.5 Å². The van der Waals surface area contributed by atoms with Gasteiger partial charge in [0, 0.05) is 24.4 Å². The van der Waals surface area contributed by atoms with Gasteiger partial charge in [0.05, 0.1) is 13.7 Å². The molecule has 0 saturated carbocycles. The maximum absolute atomic E-state index is 13.0. The van der Waals surface area contributed by atoms with Crippen molar-refractivity contribution < 1.29 is 42.9 Å². The van der Waals surface area contributed by atoms with Crippen molar-refractivity contribution in [3.05, 3.63) is 65.2 Å². The maximum Gasteiger partial charge on any atom is 0.408 e. The molecule has 0 bridgehead atoms. The molecule has 0 unspecified atom stereocenters. The van der Waals surface area contributed by atoms with Gasteiger partial charge in [0.15, 0.2) is 0 Å². The number of fused-ring (bicyclic) bond motifs is 1. The van der Waals surface area contributed by atoms with E-state index in [1.165, 1.54) is 14.0 Å². The first-order valence-corrected chi connectivity index (χ1v) is 16.0. The molecule has 3 rings (SSSR count). The van der Waals surface area contributed by atoms with Crippen LogP contribution in [0.4, 0.5) is 9.59 Å². The van der Waals surface area contributed by atoms with Gasteiger partial charge >= 0.3 is 18.2 Å². The summed E-state index contributed by atoms with van der Waals surface area (Å²) in [6.45, 7) is 10.7. The molecule has 48 heavy (non-hydrogen) atoms. The maximum atomic E-state index is 13.0. The Hall–Kier alpha value is -4.81. The number of nitrogens with one attached hydrogen (secondary N) is 4. The van der Waals surface area contributed by atoms with Gasteiger partial charge in [0.2, 0.25) is 11.8 Å². The van der Waals surface area contributed by atoms with Crippen LogP contribution in [0.1, 0.15) is 64.7 Å². The van der Waals surface area contributed by atoms with Gasteiger partial charge in [-0.1, -0.05) is 49.4 Å². The molecule has 0 aromatic heterocycles. The van der Waals surface area contributed by atoms with Crippen LogP contribution in [0.3, 0.4) is 0 Å². The first-order chi connectivity index (χ1) is 22.6. The fourth-order valence-electron chi connectivity index (χ4n) is 5.08. The number of hydrogen-bond acceptors (Lipinski definition) is 9. The molecule has 0 fully saturated rings. The van der Waals surface area contributed by atoms with Crippen LogP contribution in [0.5, 0.6) is 5.75 Å². The first-order valence-electron chi connectivity index (χ1n) is 16.0. The van der Waals surface area contributed by atoms with Gasteiger partial charge in [0.1, 0.15) is 35.6 Å². The second-order valence-corrected chi connectivity index (χ2v) is 13.1. The lowest BCUT2D eigenvalue weighted by Crippen LogP contribution is -2.59. The van der Waals surface area contributed by atoms with Crippen molar-refractivity contribution in [1.29, 1.82) is 0 Å². The molecule has 0 saturated heterocycles. The van der Waals surface area contributed by atoms with E-state index in [0.29, 0.717) is 18.6 Å². The number of carbonyl (C=O) groups excluding carboxylic acids is 5. The Labute approximate surface area is 281 Å². The van der Waals surface area contributed by atoms with Crippen LogP contribution in [-0.4, -0.2) is 73.5 Å². The van der Waals surface area contributed by atoms with E-state index in [2.05, 4.69) is 21.3 Å². The molecule has 13 heteroatoms. The van der Waals surface area contributed by atoms with E-state index >= 15 is 0 Å². The van der Waals surface area contributed by atoms with Crippen LogP contribution >= 0.6 is 0 Å². The fourth-order valence-corrected chi connectivity index (χ4v) is 5.08. The highest BCUT2D eigenvalue weighted by atomic mass is 16.6. The third-order valence-electron chi connectivity index (χ3n) is 7.69. The summed E-state index contributed by atoms with van der Waals surface area (Å²) in [4.78, 5) is 63.1. The summed E-state index contributed by atoms with van der Waals surface area (Å²) < 4.78 is 21.8. The van der Waals surface area contributed by atoms with Gasteiger partial charge in [0.25, 0.3) is 0 Å². The van der Waals surface area contributed by atoms with E-state index in [0.717, 1.165) is 16.7 Å². The Morgan fingerprint density at radius 3 is 2.23 bits per heavy atom. The minimum Gasteiger partial charge on any atom is -0.493 e. The van der Waals surface area contributed by atoms with Crippen molar-refractivity contribution in [2.24, 2.45) is 5.92 Å². The van der Waals surface area contributed by atoms with Crippen molar-refractivity contribution in [2.45, 2.75) is 90.6 Å². The summed E-state index contributed by atoms with van der Waals surface area (Å²) in [5.41, 5.74) is 0.525. The number of alkyl carbamates (subject to hydrolysis) is 2. The Balaban J connectivity index is 1.49. The topological polar surface area (TPSA) is 170 Å². The van der Waals surface area contributed by atoms with Crippen LogP contribution in [0.25, 0.3) is 0 Å². The monoisotopic (exact) mass is 668 g/mol. The second-order valence-electron chi connectivity index (χ2n) is 13.1. The third kappa shape index (κ3) is 11.2. The van der Waals surface area contributed by atoms with Crippen molar-refractivity contribution in [2.75, 3.05) is 20.3 Å². The largest absolute Gasteiger partial charge is 0.493 e. The highest BCUT2D eigenvalue weighted by Gasteiger charge is 2.45. The minimum absolute atomic E-state index is 0.0635. The van der Waals surface area contributed by atoms with Crippen LogP contribution < -0.4 is 26.0 Å². The molecule has 13 nitrogen and oxygen atoms in total. The average molecular weight is 669 g/mol. The van der Waals surface area contributed by atoms with Crippen LogP contribution in [-0.2, 0) is 48.0 Å². The predicted octanol–water partition coefficient (Wildman–Crippen LogP) is 3.56. The summed E-state index contributed by atoms with van der Waals surface area (Å²) in [6, 6.07) is 13.0. The molecule has 0 aliphatic heterocycles. The molecule has 1 aliphatic rings. The molecule has 0 spiro atoms. The van der Waals surface area contributed by atoms with E-state index in [9.17, 15) is 24.0 Å². The highest BCUT2D eigenvalue weighted by Crippen LogP contribution is 2.36. The number of ether oxygens (including phenoxy) is 4. The lowest BCUT2D eigenvalue weighted by molar-refractivity contribution is -0.149. The Morgan fingerprint density at radius 2 is 1.56 bits per heavy atom. The van der Waals surface area contributed by atoms with Crippen molar-refractivity contribution >= 4 is 30.0 Å². The van der Waals surface area contributed by atoms with Crippen LogP contribution in [0, 0.1) is 5.92 Å². The molecule has 0 radical (unpaired) electrons. The second kappa shape index (κ2) is 16.8. The molecular weight excluding hydrogens is 620 g/mol. The number of benzene rings is 2.